The number of rotatable bonds is 4. The maximum absolute atomic E-state index is 5.70. The van der Waals surface area contributed by atoms with Crippen LogP contribution < -0.4 is 4.74 Å². The molecule has 0 aliphatic rings. The van der Waals surface area contributed by atoms with Crippen LogP contribution in [-0.4, -0.2) is 16.2 Å². The van der Waals surface area contributed by atoms with E-state index in [1.165, 1.54) is 5.56 Å². The van der Waals surface area contributed by atoms with Crippen molar-refractivity contribution in [3.05, 3.63) is 48.5 Å². The molecule has 1 heterocycles. The number of aromatic nitrogens is 2. The SMILES string of the molecule is CC(C)(C)c1ccc(OCCn2ccnc2)cc1. The maximum atomic E-state index is 5.70. The molecule has 0 fully saturated rings. The first-order valence-electron chi connectivity index (χ1n) is 6.25. The third-order valence-corrected chi connectivity index (χ3v) is 2.90. The van der Waals surface area contributed by atoms with Gasteiger partial charge in [0.1, 0.15) is 12.4 Å². The van der Waals surface area contributed by atoms with Crippen molar-refractivity contribution in [1.29, 1.82) is 0 Å². The molecule has 0 radical (unpaired) electrons. The summed E-state index contributed by atoms with van der Waals surface area (Å²) >= 11 is 0. The molecule has 0 aliphatic carbocycles. The van der Waals surface area contributed by atoms with Crippen LogP contribution in [0.2, 0.25) is 0 Å². The lowest BCUT2D eigenvalue weighted by Gasteiger charge is -2.19. The molecule has 0 atom stereocenters. The van der Waals surface area contributed by atoms with Crippen LogP contribution in [0.3, 0.4) is 0 Å². The summed E-state index contributed by atoms with van der Waals surface area (Å²) in [5.74, 6) is 0.920. The molecule has 3 nitrogen and oxygen atoms in total. The van der Waals surface area contributed by atoms with Crippen molar-refractivity contribution in [3.63, 3.8) is 0 Å². The minimum atomic E-state index is 0.190. The molecule has 96 valence electrons. The quantitative estimate of drug-likeness (QED) is 0.825. The van der Waals surface area contributed by atoms with Crippen LogP contribution in [0.15, 0.2) is 43.0 Å². The molecule has 2 rings (SSSR count). The standard InChI is InChI=1S/C15H20N2O/c1-15(2,3)13-4-6-14(7-5-13)18-11-10-17-9-8-16-12-17/h4-9,12H,10-11H2,1-3H3. The van der Waals surface area contributed by atoms with Crippen LogP contribution in [0.4, 0.5) is 0 Å². The minimum absolute atomic E-state index is 0.190. The highest BCUT2D eigenvalue weighted by Gasteiger charge is 2.12. The van der Waals surface area contributed by atoms with Gasteiger partial charge >= 0.3 is 0 Å². The third-order valence-electron chi connectivity index (χ3n) is 2.90. The van der Waals surface area contributed by atoms with E-state index in [1.807, 2.05) is 22.9 Å². The van der Waals surface area contributed by atoms with Crippen LogP contribution in [0, 0.1) is 0 Å². The predicted octanol–water partition coefficient (Wildman–Crippen LogP) is 3.26. The van der Waals surface area contributed by atoms with Crippen LogP contribution >= 0.6 is 0 Å². The summed E-state index contributed by atoms with van der Waals surface area (Å²) in [5, 5.41) is 0. The molecule has 3 heteroatoms. The Labute approximate surface area is 108 Å². The van der Waals surface area contributed by atoms with Gasteiger partial charge in [-0.3, -0.25) is 0 Å². The number of nitrogens with zero attached hydrogens (tertiary/aromatic N) is 2. The fourth-order valence-electron chi connectivity index (χ4n) is 1.74. The molecule has 0 bridgehead atoms. The molecule has 0 spiro atoms. The topological polar surface area (TPSA) is 27.1 Å². The lowest BCUT2D eigenvalue weighted by atomic mass is 9.87. The molecule has 0 saturated carbocycles. The first-order chi connectivity index (χ1) is 8.55. The summed E-state index contributed by atoms with van der Waals surface area (Å²) in [6.07, 6.45) is 5.51. The molecular formula is C15H20N2O. The highest BCUT2D eigenvalue weighted by molar-refractivity contribution is 5.31. The zero-order valence-electron chi connectivity index (χ0n) is 11.3. The number of ether oxygens (including phenoxy) is 1. The highest BCUT2D eigenvalue weighted by atomic mass is 16.5. The van der Waals surface area contributed by atoms with Gasteiger partial charge in [-0.2, -0.15) is 0 Å². The van der Waals surface area contributed by atoms with Crippen LogP contribution in [0.5, 0.6) is 5.75 Å². The zero-order valence-corrected chi connectivity index (χ0v) is 11.3. The molecule has 1 aromatic heterocycles. The van der Waals surface area contributed by atoms with Gasteiger partial charge < -0.3 is 9.30 Å². The summed E-state index contributed by atoms with van der Waals surface area (Å²) in [7, 11) is 0. The number of hydrogen-bond acceptors (Lipinski definition) is 2. The molecular weight excluding hydrogens is 224 g/mol. The summed E-state index contributed by atoms with van der Waals surface area (Å²) in [4.78, 5) is 3.99. The van der Waals surface area contributed by atoms with Crippen molar-refractivity contribution in [2.45, 2.75) is 32.7 Å². The van der Waals surface area contributed by atoms with Gasteiger partial charge in [0.15, 0.2) is 0 Å². The van der Waals surface area contributed by atoms with Gasteiger partial charge in [0.2, 0.25) is 0 Å². The van der Waals surface area contributed by atoms with Gasteiger partial charge in [-0.05, 0) is 23.1 Å². The van der Waals surface area contributed by atoms with Crippen LogP contribution in [-0.2, 0) is 12.0 Å². The average molecular weight is 244 g/mol. The second kappa shape index (κ2) is 5.25. The molecule has 2 aromatic rings. The number of benzene rings is 1. The zero-order chi connectivity index (χ0) is 13.0. The molecule has 0 aliphatic heterocycles. The summed E-state index contributed by atoms with van der Waals surface area (Å²) in [6.45, 7) is 8.11. The fourth-order valence-corrected chi connectivity index (χ4v) is 1.74. The molecule has 0 amide bonds. The first-order valence-corrected chi connectivity index (χ1v) is 6.25. The second-order valence-corrected chi connectivity index (χ2v) is 5.42. The van der Waals surface area contributed by atoms with E-state index in [-0.39, 0.29) is 5.41 Å². The highest BCUT2D eigenvalue weighted by Crippen LogP contribution is 2.24. The van der Waals surface area contributed by atoms with E-state index in [0.29, 0.717) is 6.61 Å². The second-order valence-electron chi connectivity index (χ2n) is 5.42. The fraction of sp³-hybridized carbons (Fsp3) is 0.400. The average Bonchev–Trinajstić information content (AvgIpc) is 2.82. The monoisotopic (exact) mass is 244 g/mol. The Bertz CT molecular complexity index is 466. The van der Waals surface area contributed by atoms with Crippen molar-refractivity contribution >= 4 is 0 Å². The Hall–Kier alpha value is -1.77. The van der Waals surface area contributed by atoms with Crippen molar-refractivity contribution in [2.24, 2.45) is 0 Å². The lowest BCUT2D eigenvalue weighted by molar-refractivity contribution is 0.298. The van der Waals surface area contributed by atoms with Crippen molar-refractivity contribution in [2.75, 3.05) is 6.61 Å². The summed E-state index contributed by atoms with van der Waals surface area (Å²) < 4.78 is 7.70. The Balaban J connectivity index is 1.87. The molecule has 1 aromatic carbocycles. The molecule has 0 saturated heterocycles. The molecule has 0 N–H and O–H groups in total. The van der Waals surface area contributed by atoms with Gasteiger partial charge in [-0.25, -0.2) is 4.98 Å². The van der Waals surface area contributed by atoms with Crippen LogP contribution in [0.25, 0.3) is 0 Å². The van der Waals surface area contributed by atoms with Gasteiger partial charge in [-0.1, -0.05) is 32.9 Å². The largest absolute Gasteiger partial charge is 0.492 e. The van der Waals surface area contributed by atoms with E-state index in [9.17, 15) is 0 Å². The molecule has 18 heavy (non-hydrogen) atoms. The Morgan fingerprint density at radius 3 is 2.44 bits per heavy atom. The van der Waals surface area contributed by atoms with E-state index in [1.54, 1.807) is 12.5 Å². The van der Waals surface area contributed by atoms with Gasteiger partial charge in [0.25, 0.3) is 0 Å². The van der Waals surface area contributed by atoms with E-state index in [2.05, 4.69) is 37.9 Å². The van der Waals surface area contributed by atoms with E-state index in [4.69, 9.17) is 4.74 Å². The van der Waals surface area contributed by atoms with Gasteiger partial charge in [0, 0.05) is 12.4 Å². The Morgan fingerprint density at radius 1 is 1.17 bits per heavy atom. The van der Waals surface area contributed by atoms with Gasteiger partial charge in [0.05, 0.1) is 12.9 Å². The lowest BCUT2D eigenvalue weighted by Crippen LogP contribution is -2.11. The Morgan fingerprint density at radius 2 is 1.89 bits per heavy atom. The van der Waals surface area contributed by atoms with Crippen molar-refractivity contribution in [1.82, 2.24) is 9.55 Å². The van der Waals surface area contributed by atoms with E-state index in [0.717, 1.165) is 12.3 Å². The van der Waals surface area contributed by atoms with E-state index < -0.39 is 0 Å². The smallest absolute Gasteiger partial charge is 0.119 e. The third kappa shape index (κ3) is 3.36. The first kappa shape index (κ1) is 12.7. The van der Waals surface area contributed by atoms with Crippen molar-refractivity contribution in [3.8, 4) is 5.75 Å². The van der Waals surface area contributed by atoms with Crippen molar-refractivity contribution < 1.29 is 4.74 Å². The molecule has 0 unspecified atom stereocenters. The summed E-state index contributed by atoms with van der Waals surface area (Å²) in [5.41, 5.74) is 1.51. The van der Waals surface area contributed by atoms with E-state index >= 15 is 0 Å². The summed E-state index contributed by atoms with van der Waals surface area (Å²) in [6, 6.07) is 8.34. The predicted molar refractivity (Wildman–Crippen MR) is 72.9 cm³/mol. The minimum Gasteiger partial charge on any atom is -0.492 e. The number of hydrogen-bond donors (Lipinski definition) is 0. The maximum Gasteiger partial charge on any atom is 0.119 e. The Kier molecular flexibility index (Phi) is 3.70. The number of imidazole rings is 1. The van der Waals surface area contributed by atoms with Gasteiger partial charge in [-0.15, -0.1) is 0 Å². The van der Waals surface area contributed by atoms with Crippen LogP contribution in [0.1, 0.15) is 26.3 Å². The normalized spacial score (nSPS) is 11.5.